The molecule has 2 aliphatic heterocycles. The molecule has 210 valence electrons. The van der Waals surface area contributed by atoms with E-state index >= 15 is 0 Å². The quantitative estimate of drug-likeness (QED) is 0.405. The third-order valence-corrected chi connectivity index (χ3v) is 13.2. The van der Waals surface area contributed by atoms with Gasteiger partial charge in [0.2, 0.25) is 0 Å². The van der Waals surface area contributed by atoms with E-state index in [1.807, 2.05) is 27.7 Å². The number of fused-ring (bicyclic) bond motifs is 4. The standard InChI is InChI=1S/C30H41ClO7/c1-7-36-30-14-20-18(13-22(33)28(31)11-8-9-21(32)26(20,28)5)19-10-12-29(35,27(19,30)6)17(4)24(38-30)23-15(2)16(3)25(34)37-23/h8-9,17-20,22-24,33,35H,7,10-14H2,1-6H3. The zero-order valence-electron chi connectivity index (χ0n) is 23.3. The van der Waals surface area contributed by atoms with Crippen molar-refractivity contribution in [2.24, 2.45) is 34.5 Å². The number of carbonyl (C=O) groups is 2. The van der Waals surface area contributed by atoms with Crippen LogP contribution in [0.5, 0.6) is 0 Å². The van der Waals surface area contributed by atoms with Crippen LogP contribution < -0.4 is 0 Å². The fourth-order valence-electron chi connectivity index (χ4n) is 9.98. The number of carbonyl (C=O) groups excluding carboxylic acids is 2. The van der Waals surface area contributed by atoms with E-state index in [1.165, 1.54) is 0 Å². The summed E-state index contributed by atoms with van der Waals surface area (Å²) >= 11 is 7.23. The molecule has 38 heavy (non-hydrogen) atoms. The van der Waals surface area contributed by atoms with Gasteiger partial charge in [0.15, 0.2) is 17.7 Å². The van der Waals surface area contributed by atoms with Crippen LogP contribution in [0.1, 0.15) is 73.6 Å². The predicted molar refractivity (Wildman–Crippen MR) is 140 cm³/mol. The summed E-state index contributed by atoms with van der Waals surface area (Å²) in [7, 11) is 0. The van der Waals surface area contributed by atoms with E-state index in [1.54, 1.807) is 19.1 Å². The van der Waals surface area contributed by atoms with E-state index in [9.17, 15) is 19.8 Å². The highest BCUT2D eigenvalue weighted by Gasteiger charge is 2.81. The number of rotatable bonds is 3. The Morgan fingerprint density at radius 3 is 2.55 bits per heavy atom. The lowest BCUT2D eigenvalue weighted by molar-refractivity contribution is -0.427. The lowest BCUT2D eigenvalue weighted by Gasteiger charge is -2.70. The van der Waals surface area contributed by atoms with Crippen molar-refractivity contribution in [2.45, 2.75) is 108 Å². The van der Waals surface area contributed by atoms with Gasteiger partial charge in [-0.15, -0.1) is 11.6 Å². The van der Waals surface area contributed by atoms with Crippen molar-refractivity contribution < 1.29 is 34.0 Å². The van der Waals surface area contributed by atoms with Crippen LogP contribution in [0.15, 0.2) is 23.3 Å². The second-order valence-corrected chi connectivity index (χ2v) is 13.9. The topological polar surface area (TPSA) is 102 Å². The molecule has 0 aromatic carbocycles. The molecular formula is C30H41ClO7. The molecule has 4 aliphatic carbocycles. The largest absolute Gasteiger partial charge is 0.452 e. The molecule has 0 aromatic heterocycles. The SMILES string of the molecule is CCOC12CC3C(CC(O)C4(Cl)CC=CC(=O)C34C)C3CCC(O)(C(C)C(C4OC(=O)C(C)=C4C)O1)C32C. The molecule has 4 fully saturated rings. The first kappa shape index (κ1) is 26.9. The van der Waals surface area contributed by atoms with Crippen molar-refractivity contribution in [1.29, 1.82) is 0 Å². The summed E-state index contributed by atoms with van der Waals surface area (Å²) in [6.07, 6.45) is 3.85. The lowest BCUT2D eigenvalue weighted by Crippen LogP contribution is -2.78. The Morgan fingerprint density at radius 2 is 1.92 bits per heavy atom. The maximum atomic E-state index is 13.7. The average molecular weight is 549 g/mol. The van der Waals surface area contributed by atoms with Gasteiger partial charge >= 0.3 is 5.97 Å². The number of hydrogen-bond donors (Lipinski definition) is 2. The fourth-order valence-corrected chi connectivity index (χ4v) is 10.4. The molecule has 0 radical (unpaired) electrons. The van der Waals surface area contributed by atoms with Crippen LogP contribution in [0.3, 0.4) is 0 Å². The van der Waals surface area contributed by atoms with Crippen LogP contribution in [-0.2, 0) is 23.8 Å². The van der Waals surface area contributed by atoms with Crippen molar-refractivity contribution in [1.82, 2.24) is 0 Å². The summed E-state index contributed by atoms with van der Waals surface area (Å²) in [4.78, 5) is 25.1. The molecule has 12 atom stereocenters. The van der Waals surface area contributed by atoms with Crippen LogP contribution in [-0.4, -0.2) is 63.1 Å². The summed E-state index contributed by atoms with van der Waals surface area (Å²) < 4.78 is 19.5. The maximum absolute atomic E-state index is 13.7. The zero-order chi connectivity index (χ0) is 27.6. The van der Waals surface area contributed by atoms with Crippen molar-refractivity contribution in [3.63, 3.8) is 0 Å². The predicted octanol–water partition coefficient (Wildman–Crippen LogP) is 4.08. The number of allylic oxidation sites excluding steroid dienone is 2. The van der Waals surface area contributed by atoms with Crippen molar-refractivity contribution >= 4 is 23.4 Å². The molecule has 0 bridgehead atoms. The molecule has 12 unspecified atom stereocenters. The zero-order valence-corrected chi connectivity index (χ0v) is 24.0. The maximum Gasteiger partial charge on any atom is 0.334 e. The van der Waals surface area contributed by atoms with E-state index in [0.29, 0.717) is 37.9 Å². The summed E-state index contributed by atoms with van der Waals surface area (Å²) in [5.41, 5.74) is -1.58. The summed E-state index contributed by atoms with van der Waals surface area (Å²) in [6, 6.07) is 0. The smallest absolute Gasteiger partial charge is 0.334 e. The van der Waals surface area contributed by atoms with Gasteiger partial charge in [0.05, 0.1) is 27.4 Å². The van der Waals surface area contributed by atoms with E-state index < -0.39 is 45.4 Å². The minimum atomic E-state index is -1.22. The lowest BCUT2D eigenvalue weighted by atomic mass is 9.41. The second kappa shape index (κ2) is 8.16. The molecule has 6 rings (SSSR count). The number of hydrogen-bond acceptors (Lipinski definition) is 7. The number of aliphatic hydroxyl groups is 2. The van der Waals surface area contributed by atoms with Gasteiger partial charge in [-0.25, -0.2) is 4.79 Å². The Morgan fingerprint density at radius 1 is 1.21 bits per heavy atom. The normalized spacial score (nSPS) is 55.4. The third-order valence-electron chi connectivity index (χ3n) is 12.4. The first-order valence-electron chi connectivity index (χ1n) is 14.2. The van der Waals surface area contributed by atoms with E-state index in [0.717, 1.165) is 12.0 Å². The summed E-state index contributed by atoms with van der Waals surface area (Å²) in [5.74, 6) is -2.27. The Labute approximate surface area is 229 Å². The number of esters is 1. The Bertz CT molecular complexity index is 1150. The highest BCUT2D eigenvalue weighted by molar-refractivity contribution is 6.28. The van der Waals surface area contributed by atoms with Crippen LogP contribution in [0.2, 0.25) is 0 Å². The molecule has 2 N–H and O–H groups in total. The van der Waals surface area contributed by atoms with Gasteiger partial charge in [0, 0.05) is 24.5 Å². The molecule has 0 amide bonds. The molecule has 6 aliphatic rings. The number of halogens is 1. The van der Waals surface area contributed by atoms with Crippen LogP contribution >= 0.6 is 11.6 Å². The van der Waals surface area contributed by atoms with Gasteiger partial charge in [0.25, 0.3) is 0 Å². The molecule has 0 aromatic rings. The molecule has 1 saturated heterocycles. The van der Waals surface area contributed by atoms with Gasteiger partial charge in [-0.05, 0) is 75.9 Å². The molecule has 3 saturated carbocycles. The number of alkyl halides is 1. The minimum absolute atomic E-state index is 0.0227. The minimum Gasteiger partial charge on any atom is -0.452 e. The van der Waals surface area contributed by atoms with Crippen LogP contribution in [0.25, 0.3) is 0 Å². The Kier molecular flexibility index (Phi) is 5.78. The summed E-state index contributed by atoms with van der Waals surface area (Å²) in [5, 5.41) is 24.1. The first-order valence-corrected chi connectivity index (χ1v) is 14.6. The van der Waals surface area contributed by atoms with E-state index in [2.05, 4.69) is 6.92 Å². The number of ether oxygens (including phenoxy) is 3. The highest BCUT2D eigenvalue weighted by Crippen LogP contribution is 2.75. The molecule has 0 spiro atoms. The molecule has 7 nitrogen and oxygen atoms in total. The summed E-state index contributed by atoms with van der Waals surface area (Å²) in [6.45, 7) is 11.9. The average Bonchev–Trinajstić information content (AvgIpc) is 3.30. The highest BCUT2D eigenvalue weighted by atomic mass is 35.5. The van der Waals surface area contributed by atoms with Crippen molar-refractivity contribution in [3.05, 3.63) is 23.3 Å². The van der Waals surface area contributed by atoms with Gasteiger partial charge in [-0.2, -0.15) is 0 Å². The number of cyclic esters (lactones) is 1. The number of ketones is 1. The number of aliphatic hydroxyl groups excluding tert-OH is 1. The molecule has 8 heteroatoms. The van der Waals surface area contributed by atoms with Gasteiger partial charge in [-0.3, -0.25) is 4.79 Å². The van der Waals surface area contributed by atoms with Gasteiger partial charge in [0.1, 0.15) is 6.10 Å². The van der Waals surface area contributed by atoms with E-state index in [4.69, 9.17) is 25.8 Å². The monoisotopic (exact) mass is 548 g/mol. The van der Waals surface area contributed by atoms with Crippen molar-refractivity contribution in [3.8, 4) is 0 Å². The second-order valence-electron chi connectivity index (χ2n) is 13.2. The van der Waals surface area contributed by atoms with Gasteiger partial charge < -0.3 is 24.4 Å². The van der Waals surface area contributed by atoms with Crippen LogP contribution in [0.4, 0.5) is 0 Å². The van der Waals surface area contributed by atoms with Gasteiger partial charge in [-0.1, -0.05) is 26.8 Å². The third kappa shape index (κ3) is 2.81. The van der Waals surface area contributed by atoms with Crippen molar-refractivity contribution in [2.75, 3.05) is 6.61 Å². The Balaban J connectivity index is 1.52. The molecular weight excluding hydrogens is 508 g/mol. The van der Waals surface area contributed by atoms with Crippen LogP contribution in [0, 0.1) is 34.5 Å². The molecule has 2 heterocycles. The Hall–Kier alpha value is -1.25. The fraction of sp³-hybridized carbons (Fsp3) is 0.800. The first-order chi connectivity index (χ1) is 17.7. The van der Waals surface area contributed by atoms with E-state index in [-0.39, 0.29) is 35.4 Å².